The number of likely N-dealkylation sites (tertiary alicyclic amines) is 1. The number of amides is 1. The van der Waals surface area contributed by atoms with Crippen LogP contribution in [0.25, 0.3) is 6.08 Å². The Hall–Kier alpha value is -1.13. The van der Waals surface area contributed by atoms with Crippen LogP contribution in [0.4, 0.5) is 0 Å². The molecule has 1 atom stereocenters. The third-order valence-corrected chi connectivity index (χ3v) is 3.68. The fourth-order valence-electron chi connectivity index (χ4n) is 1.84. The summed E-state index contributed by atoms with van der Waals surface area (Å²) in [7, 11) is 1.94. The number of nitrogens with one attached hydrogen (secondary N) is 1. The molecule has 1 aliphatic heterocycles. The van der Waals surface area contributed by atoms with E-state index in [9.17, 15) is 4.79 Å². The largest absolute Gasteiger partial charge is 0.338 e. The van der Waals surface area contributed by atoms with Crippen molar-refractivity contribution >= 4 is 23.3 Å². The highest BCUT2D eigenvalue weighted by atomic mass is 32.1. The van der Waals surface area contributed by atoms with Crippen LogP contribution in [0.3, 0.4) is 0 Å². The minimum Gasteiger partial charge on any atom is -0.338 e. The van der Waals surface area contributed by atoms with E-state index in [-0.39, 0.29) is 5.91 Å². The van der Waals surface area contributed by atoms with Gasteiger partial charge in [0.15, 0.2) is 0 Å². The van der Waals surface area contributed by atoms with Gasteiger partial charge in [0.05, 0.1) is 0 Å². The number of rotatable bonds is 3. The van der Waals surface area contributed by atoms with Crippen molar-refractivity contribution in [1.82, 2.24) is 10.2 Å². The zero-order chi connectivity index (χ0) is 11.4. The molecule has 0 aliphatic carbocycles. The van der Waals surface area contributed by atoms with Crippen molar-refractivity contribution in [1.29, 1.82) is 0 Å². The molecule has 1 fully saturated rings. The molecule has 3 nitrogen and oxygen atoms in total. The summed E-state index contributed by atoms with van der Waals surface area (Å²) < 4.78 is 0. The van der Waals surface area contributed by atoms with E-state index in [0.29, 0.717) is 6.04 Å². The molecular weight excluding hydrogens is 220 g/mol. The van der Waals surface area contributed by atoms with Crippen LogP contribution in [0.1, 0.15) is 11.3 Å². The summed E-state index contributed by atoms with van der Waals surface area (Å²) in [5.41, 5.74) is 0. The highest BCUT2D eigenvalue weighted by Gasteiger charge is 2.23. The normalized spacial score (nSPS) is 20.8. The summed E-state index contributed by atoms with van der Waals surface area (Å²) in [4.78, 5) is 14.8. The lowest BCUT2D eigenvalue weighted by molar-refractivity contribution is -0.125. The van der Waals surface area contributed by atoms with E-state index in [4.69, 9.17) is 0 Å². The Labute approximate surface area is 99.8 Å². The number of hydrogen-bond donors (Lipinski definition) is 1. The van der Waals surface area contributed by atoms with Gasteiger partial charge in [0, 0.05) is 30.1 Å². The van der Waals surface area contributed by atoms with Crippen LogP contribution in [0.5, 0.6) is 0 Å². The van der Waals surface area contributed by atoms with Crippen LogP contribution in [0.2, 0.25) is 0 Å². The SMILES string of the molecule is CNC1CCN(C(=O)/C=C/c2cccs2)C1. The van der Waals surface area contributed by atoms with Gasteiger partial charge in [-0.25, -0.2) is 0 Å². The maximum Gasteiger partial charge on any atom is 0.246 e. The van der Waals surface area contributed by atoms with Gasteiger partial charge in [-0.05, 0) is 31.0 Å². The molecule has 1 aromatic heterocycles. The highest BCUT2D eigenvalue weighted by molar-refractivity contribution is 7.10. The quantitative estimate of drug-likeness (QED) is 0.808. The van der Waals surface area contributed by atoms with Gasteiger partial charge in [0.25, 0.3) is 0 Å². The molecule has 1 amide bonds. The standard InChI is InChI=1S/C12H16N2OS/c1-13-10-6-7-14(9-10)12(15)5-4-11-3-2-8-16-11/h2-5,8,10,13H,6-7,9H2,1H3/b5-4+. The van der Waals surface area contributed by atoms with Crippen LogP contribution >= 0.6 is 11.3 Å². The van der Waals surface area contributed by atoms with Crippen molar-refractivity contribution in [3.8, 4) is 0 Å². The molecule has 2 heterocycles. The van der Waals surface area contributed by atoms with E-state index in [1.165, 1.54) is 0 Å². The molecular formula is C12H16N2OS. The number of carbonyl (C=O) groups is 1. The van der Waals surface area contributed by atoms with Gasteiger partial charge in [-0.15, -0.1) is 11.3 Å². The molecule has 0 radical (unpaired) electrons. The molecule has 0 saturated carbocycles. The van der Waals surface area contributed by atoms with E-state index in [2.05, 4.69) is 5.32 Å². The first-order valence-electron chi connectivity index (χ1n) is 5.47. The molecule has 1 N–H and O–H groups in total. The Balaban J connectivity index is 1.89. The lowest BCUT2D eigenvalue weighted by Crippen LogP contribution is -2.32. The molecule has 0 bridgehead atoms. The van der Waals surface area contributed by atoms with Crippen LogP contribution in [-0.4, -0.2) is 37.0 Å². The smallest absolute Gasteiger partial charge is 0.246 e. The van der Waals surface area contributed by atoms with Gasteiger partial charge in [-0.1, -0.05) is 6.07 Å². The predicted molar refractivity (Wildman–Crippen MR) is 67.4 cm³/mol. The second kappa shape index (κ2) is 5.27. The Bertz CT molecular complexity index is 372. The molecule has 4 heteroatoms. The molecule has 16 heavy (non-hydrogen) atoms. The molecule has 0 aromatic carbocycles. The predicted octanol–water partition coefficient (Wildman–Crippen LogP) is 1.58. The lowest BCUT2D eigenvalue weighted by atomic mass is 10.3. The maximum atomic E-state index is 11.8. The Morgan fingerprint density at radius 2 is 2.56 bits per heavy atom. The van der Waals surface area contributed by atoms with Gasteiger partial charge >= 0.3 is 0 Å². The number of likely N-dealkylation sites (N-methyl/N-ethyl adjacent to an activating group) is 1. The average molecular weight is 236 g/mol. The van der Waals surface area contributed by atoms with Crippen molar-refractivity contribution in [3.63, 3.8) is 0 Å². The fourth-order valence-corrected chi connectivity index (χ4v) is 2.46. The average Bonchev–Trinajstić information content (AvgIpc) is 2.96. The number of nitrogens with zero attached hydrogens (tertiary/aromatic N) is 1. The van der Waals surface area contributed by atoms with Gasteiger partial charge in [0.2, 0.25) is 5.91 Å². The van der Waals surface area contributed by atoms with Gasteiger partial charge < -0.3 is 10.2 Å². The number of carbonyl (C=O) groups excluding carboxylic acids is 1. The van der Waals surface area contributed by atoms with Crippen LogP contribution in [-0.2, 0) is 4.79 Å². The lowest BCUT2D eigenvalue weighted by Gasteiger charge is -2.13. The minimum atomic E-state index is 0.117. The minimum absolute atomic E-state index is 0.117. The monoisotopic (exact) mass is 236 g/mol. The topological polar surface area (TPSA) is 32.3 Å². The van der Waals surface area contributed by atoms with Crippen LogP contribution in [0, 0.1) is 0 Å². The van der Waals surface area contributed by atoms with E-state index in [1.54, 1.807) is 17.4 Å². The molecule has 1 unspecified atom stereocenters. The zero-order valence-corrected chi connectivity index (χ0v) is 10.2. The first kappa shape index (κ1) is 11.4. The summed E-state index contributed by atoms with van der Waals surface area (Å²) in [6, 6.07) is 4.45. The van der Waals surface area contributed by atoms with Crippen molar-refractivity contribution < 1.29 is 4.79 Å². The second-order valence-corrected chi connectivity index (χ2v) is 4.89. The molecule has 1 saturated heterocycles. The number of thiophene rings is 1. The first-order chi connectivity index (χ1) is 7.79. The summed E-state index contributed by atoms with van der Waals surface area (Å²) >= 11 is 1.64. The van der Waals surface area contributed by atoms with Gasteiger partial charge in [0.1, 0.15) is 0 Å². The third kappa shape index (κ3) is 2.71. The first-order valence-corrected chi connectivity index (χ1v) is 6.35. The number of hydrogen-bond acceptors (Lipinski definition) is 3. The zero-order valence-electron chi connectivity index (χ0n) is 9.35. The van der Waals surface area contributed by atoms with Crippen molar-refractivity contribution in [3.05, 3.63) is 28.5 Å². The van der Waals surface area contributed by atoms with Crippen molar-refractivity contribution in [2.24, 2.45) is 0 Å². The van der Waals surface area contributed by atoms with E-state index < -0.39 is 0 Å². The highest BCUT2D eigenvalue weighted by Crippen LogP contribution is 2.12. The Morgan fingerprint density at radius 3 is 3.19 bits per heavy atom. The molecule has 2 rings (SSSR count). The summed E-state index contributed by atoms with van der Waals surface area (Å²) in [6.07, 6.45) is 4.61. The van der Waals surface area contributed by atoms with Gasteiger partial charge in [-0.3, -0.25) is 4.79 Å². The maximum absolute atomic E-state index is 11.8. The molecule has 86 valence electrons. The van der Waals surface area contributed by atoms with Crippen molar-refractivity contribution in [2.75, 3.05) is 20.1 Å². The molecule has 1 aromatic rings. The third-order valence-electron chi connectivity index (χ3n) is 2.84. The van der Waals surface area contributed by atoms with Crippen LogP contribution < -0.4 is 5.32 Å². The van der Waals surface area contributed by atoms with E-state index in [0.717, 1.165) is 24.4 Å². The van der Waals surface area contributed by atoms with E-state index in [1.807, 2.05) is 35.5 Å². The molecule has 1 aliphatic rings. The Kier molecular flexibility index (Phi) is 3.74. The fraction of sp³-hybridized carbons (Fsp3) is 0.417. The van der Waals surface area contributed by atoms with Crippen molar-refractivity contribution in [2.45, 2.75) is 12.5 Å². The summed E-state index contributed by atoms with van der Waals surface area (Å²) in [5.74, 6) is 0.117. The Morgan fingerprint density at radius 1 is 1.69 bits per heavy atom. The molecule has 0 spiro atoms. The van der Waals surface area contributed by atoms with E-state index >= 15 is 0 Å². The summed E-state index contributed by atoms with van der Waals surface area (Å²) in [5, 5.41) is 5.21. The van der Waals surface area contributed by atoms with Crippen LogP contribution in [0.15, 0.2) is 23.6 Å². The second-order valence-electron chi connectivity index (χ2n) is 3.91. The van der Waals surface area contributed by atoms with Gasteiger partial charge in [-0.2, -0.15) is 0 Å². The summed E-state index contributed by atoms with van der Waals surface area (Å²) in [6.45, 7) is 1.68.